The molecule has 34 heavy (non-hydrogen) atoms. The van der Waals surface area contributed by atoms with Crippen molar-refractivity contribution in [3.63, 3.8) is 0 Å². The standard InChI is InChI=1S/C22H20N2O9S/c1-22(11-33-17(27)9-12-5-6-15(25)16(26)8-12)18(21(29)30)24-19(28)14(20(24)34(22,31)32)10-13-4-2-3-7-23-13/h2-8,10,18,20,25-26H,9,11H2,1H3,(H,29,30)/t18-,20+,22-/m0/s1. The van der Waals surface area contributed by atoms with E-state index in [2.05, 4.69) is 4.98 Å². The molecule has 0 saturated carbocycles. The van der Waals surface area contributed by atoms with E-state index in [0.29, 0.717) is 5.69 Å². The number of amides is 1. The third-order valence-corrected chi connectivity index (χ3v) is 8.64. The molecule has 0 spiro atoms. The van der Waals surface area contributed by atoms with Crippen molar-refractivity contribution in [2.75, 3.05) is 6.61 Å². The molecule has 0 bridgehead atoms. The van der Waals surface area contributed by atoms with E-state index in [-0.39, 0.29) is 23.3 Å². The zero-order valence-electron chi connectivity index (χ0n) is 17.8. The Morgan fingerprint density at radius 1 is 1.21 bits per heavy atom. The van der Waals surface area contributed by atoms with Gasteiger partial charge in [-0.05, 0) is 42.8 Å². The molecule has 1 aromatic carbocycles. The molecule has 12 heteroatoms. The first-order valence-electron chi connectivity index (χ1n) is 10.1. The van der Waals surface area contributed by atoms with Gasteiger partial charge in [-0.15, -0.1) is 0 Å². The number of esters is 1. The first-order chi connectivity index (χ1) is 16.0. The number of nitrogens with zero attached hydrogens (tertiary/aromatic N) is 2. The second-order valence-electron chi connectivity index (χ2n) is 8.18. The zero-order valence-corrected chi connectivity index (χ0v) is 18.6. The number of hydrogen-bond donors (Lipinski definition) is 3. The van der Waals surface area contributed by atoms with Crippen LogP contribution in [0.2, 0.25) is 0 Å². The average molecular weight is 488 g/mol. The van der Waals surface area contributed by atoms with E-state index in [1.807, 2.05) is 0 Å². The second-order valence-corrected chi connectivity index (χ2v) is 10.6. The van der Waals surface area contributed by atoms with E-state index in [9.17, 15) is 38.1 Å². The zero-order chi connectivity index (χ0) is 24.8. The van der Waals surface area contributed by atoms with Crippen LogP contribution in [-0.2, 0) is 35.4 Å². The molecule has 2 aliphatic heterocycles. The summed E-state index contributed by atoms with van der Waals surface area (Å²) in [6.07, 6.45) is 2.40. The Morgan fingerprint density at radius 3 is 2.56 bits per heavy atom. The summed E-state index contributed by atoms with van der Waals surface area (Å²) in [6.45, 7) is 0.330. The van der Waals surface area contributed by atoms with Crippen LogP contribution < -0.4 is 0 Å². The van der Waals surface area contributed by atoms with Gasteiger partial charge in [0.25, 0.3) is 5.91 Å². The van der Waals surface area contributed by atoms with Crippen LogP contribution in [0.5, 0.6) is 11.5 Å². The summed E-state index contributed by atoms with van der Waals surface area (Å²) in [4.78, 5) is 41.9. The van der Waals surface area contributed by atoms with Crippen molar-refractivity contribution in [2.24, 2.45) is 0 Å². The number of aromatic hydroxyl groups is 2. The fraction of sp³-hybridized carbons (Fsp3) is 0.273. The minimum Gasteiger partial charge on any atom is -0.504 e. The minimum absolute atomic E-state index is 0.112. The fourth-order valence-electron chi connectivity index (χ4n) is 4.13. The number of pyridine rings is 1. The van der Waals surface area contributed by atoms with Crippen molar-refractivity contribution in [1.82, 2.24) is 9.88 Å². The normalized spacial score (nSPS) is 26.1. The molecule has 2 fully saturated rings. The van der Waals surface area contributed by atoms with Gasteiger partial charge in [0.1, 0.15) is 11.4 Å². The highest BCUT2D eigenvalue weighted by Crippen LogP contribution is 2.49. The van der Waals surface area contributed by atoms with E-state index in [4.69, 9.17) is 4.74 Å². The molecular formula is C22H20N2O9S. The smallest absolute Gasteiger partial charge is 0.328 e. The number of carbonyl (C=O) groups is 3. The van der Waals surface area contributed by atoms with Crippen molar-refractivity contribution < 1.29 is 42.9 Å². The van der Waals surface area contributed by atoms with Crippen molar-refractivity contribution in [2.45, 2.75) is 29.5 Å². The highest BCUT2D eigenvalue weighted by molar-refractivity contribution is 7.94. The lowest BCUT2D eigenvalue weighted by molar-refractivity contribution is -0.155. The molecule has 3 atom stereocenters. The monoisotopic (exact) mass is 488 g/mol. The van der Waals surface area contributed by atoms with Gasteiger partial charge in [0.2, 0.25) is 0 Å². The third-order valence-electron chi connectivity index (χ3n) is 5.93. The van der Waals surface area contributed by atoms with Gasteiger partial charge in [-0.3, -0.25) is 14.6 Å². The summed E-state index contributed by atoms with van der Waals surface area (Å²) in [5, 5.41) is 27.2. The second kappa shape index (κ2) is 8.13. The Kier molecular flexibility index (Phi) is 5.56. The van der Waals surface area contributed by atoms with E-state index >= 15 is 0 Å². The van der Waals surface area contributed by atoms with Crippen LogP contribution in [0.1, 0.15) is 18.2 Å². The largest absolute Gasteiger partial charge is 0.504 e. The Hall–Kier alpha value is -3.93. The van der Waals surface area contributed by atoms with E-state index in [0.717, 1.165) is 17.9 Å². The number of fused-ring (bicyclic) bond motifs is 1. The number of benzene rings is 1. The highest BCUT2D eigenvalue weighted by Gasteiger charge is 2.72. The number of carboxylic acids is 1. The van der Waals surface area contributed by atoms with Gasteiger partial charge in [-0.1, -0.05) is 12.1 Å². The van der Waals surface area contributed by atoms with Gasteiger partial charge < -0.3 is 25.0 Å². The topological polar surface area (TPSA) is 171 Å². The number of phenolic OH excluding ortho intramolecular Hbond substituents is 2. The van der Waals surface area contributed by atoms with Crippen LogP contribution in [0.15, 0.2) is 48.2 Å². The van der Waals surface area contributed by atoms with Crippen LogP contribution in [0.3, 0.4) is 0 Å². The predicted octanol–water partition coefficient (Wildman–Crippen LogP) is 0.471. The lowest BCUT2D eigenvalue weighted by Crippen LogP contribution is -2.59. The maximum Gasteiger partial charge on any atom is 0.328 e. The molecule has 0 unspecified atom stereocenters. The quantitative estimate of drug-likeness (QED) is 0.225. The van der Waals surface area contributed by atoms with Gasteiger partial charge in [-0.2, -0.15) is 0 Å². The number of hydrogen-bond acceptors (Lipinski definition) is 9. The first-order valence-corrected chi connectivity index (χ1v) is 11.6. The SMILES string of the molecule is C[C@]1(COC(=O)Cc2ccc(O)c(O)c2)[C@H](C(=O)O)N2C(=O)C(=Cc3ccccn3)[C@H]2S1(=O)=O. The molecule has 2 aliphatic rings. The van der Waals surface area contributed by atoms with Gasteiger partial charge in [-0.25, -0.2) is 13.2 Å². The summed E-state index contributed by atoms with van der Waals surface area (Å²) in [5.74, 6) is -4.00. The maximum atomic E-state index is 13.4. The Balaban J connectivity index is 1.59. The summed E-state index contributed by atoms with van der Waals surface area (Å²) >= 11 is 0. The summed E-state index contributed by atoms with van der Waals surface area (Å²) in [6, 6.07) is 6.79. The number of ether oxygens (including phenoxy) is 1. The highest BCUT2D eigenvalue weighted by atomic mass is 32.2. The Labute approximate surface area is 193 Å². The van der Waals surface area contributed by atoms with E-state index in [1.165, 1.54) is 24.4 Å². The number of aromatic nitrogens is 1. The van der Waals surface area contributed by atoms with E-state index in [1.54, 1.807) is 18.2 Å². The van der Waals surface area contributed by atoms with Crippen molar-refractivity contribution >= 4 is 33.8 Å². The summed E-state index contributed by atoms with van der Waals surface area (Å²) in [5.41, 5.74) is 0.512. The predicted molar refractivity (Wildman–Crippen MR) is 116 cm³/mol. The number of carboxylic acid groups (broad SMARTS) is 1. The molecular weight excluding hydrogens is 468 g/mol. The van der Waals surface area contributed by atoms with E-state index < -0.39 is 56.2 Å². The van der Waals surface area contributed by atoms with Crippen LogP contribution >= 0.6 is 0 Å². The van der Waals surface area contributed by atoms with Gasteiger partial charge in [0, 0.05) is 6.20 Å². The van der Waals surface area contributed by atoms with Gasteiger partial charge in [0.05, 0.1) is 17.7 Å². The van der Waals surface area contributed by atoms with Gasteiger partial charge in [0.15, 0.2) is 32.8 Å². The molecule has 4 rings (SSSR count). The number of β-lactam (4-membered cyclic amide) rings is 1. The molecule has 0 radical (unpaired) electrons. The first kappa shape index (κ1) is 23.2. The van der Waals surface area contributed by atoms with Crippen molar-refractivity contribution in [3.8, 4) is 11.5 Å². The minimum atomic E-state index is -4.33. The lowest BCUT2D eigenvalue weighted by atomic mass is 9.94. The number of aliphatic carboxylic acids is 1. The molecule has 1 aromatic heterocycles. The van der Waals surface area contributed by atoms with Crippen LogP contribution in [0.4, 0.5) is 0 Å². The molecule has 3 N–H and O–H groups in total. The summed E-state index contributed by atoms with van der Waals surface area (Å²) in [7, 11) is -4.33. The van der Waals surface area contributed by atoms with Gasteiger partial charge >= 0.3 is 11.9 Å². The Morgan fingerprint density at radius 2 is 1.94 bits per heavy atom. The molecule has 0 aliphatic carbocycles. The number of rotatable bonds is 6. The van der Waals surface area contributed by atoms with Crippen LogP contribution in [-0.4, -0.2) is 74.2 Å². The molecule has 11 nitrogen and oxygen atoms in total. The van der Waals surface area contributed by atoms with Crippen molar-refractivity contribution in [1.29, 1.82) is 0 Å². The van der Waals surface area contributed by atoms with Crippen LogP contribution in [0.25, 0.3) is 6.08 Å². The fourth-order valence-corrected chi connectivity index (χ4v) is 6.41. The average Bonchev–Trinajstić information content (AvgIpc) is 2.95. The van der Waals surface area contributed by atoms with Crippen LogP contribution in [0, 0.1) is 0 Å². The molecule has 1 amide bonds. The van der Waals surface area contributed by atoms with Crippen molar-refractivity contribution in [3.05, 3.63) is 59.4 Å². The number of sulfone groups is 1. The Bertz CT molecular complexity index is 1320. The number of carbonyl (C=O) groups excluding carboxylic acids is 2. The molecule has 3 heterocycles. The lowest BCUT2D eigenvalue weighted by Gasteiger charge is -2.37. The summed E-state index contributed by atoms with van der Waals surface area (Å²) < 4.78 is 29.9. The molecule has 2 aromatic rings. The molecule has 2 saturated heterocycles. The third kappa shape index (κ3) is 3.55. The molecule has 178 valence electrons. The number of phenols is 2. The maximum absolute atomic E-state index is 13.4.